The molecule has 0 atom stereocenters. The number of carboxylic acids is 1. The van der Waals surface area contributed by atoms with E-state index in [2.05, 4.69) is 6.92 Å². The zero-order valence-electron chi connectivity index (χ0n) is 15.7. The maximum absolute atomic E-state index is 10.3. The summed E-state index contributed by atoms with van der Waals surface area (Å²) < 4.78 is 0. The molecule has 0 aliphatic heterocycles. The summed E-state index contributed by atoms with van der Waals surface area (Å²) in [5.74, 6) is -0.655. The maximum atomic E-state index is 10.3. The Morgan fingerprint density at radius 3 is 1.31 bits per heavy atom. The summed E-state index contributed by atoms with van der Waals surface area (Å²) in [5.41, 5.74) is 0. The van der Waals surface area contributed by atoms with Gasteiger partial charge in [0.2, 0.25) is 0 Å². The van der Waals surface area contributed by atoms with Crippen molar-refractivity contribution in [3.05, 3.63) is 22.4 Å². The first kappa shape index (κ1) is 36.9. The number of hydrogen-bond acceptors (Lipinski definition) is 4. The van der Waals surface area contributed by atoms with E-state index in [9.17, 15) is 4.79 Å². The standard InChI is InChI=1S/C16H32O2.2ClH.HNO2.2H2N.Pt/c1-2-3-4-5-6-7-8-9-10-11-12-13-14-15-16(17)18;;;2-1-3;;;/h2-15H2,1H3,(H,17,18);2*1H;(H,2,3);2*1H2;/q;;;;2*-1;+4/p-3. The predicted molar refractivity (Wildman–Crippen MR) is 109 cm³/mol. The van der Waals surface area contributed by atoms with Gasteiger partial charge in [-0.05, 0) is 6.42 Å². The smallest absolute Gasteiger partial charge is 0.693 e. The summed E-state index contributed by atoms with van der Waals surface area (Å²) in [6, 6.07) is 0. The van der Waals surface area contributed by atoms with Gasteiger partial charge >= 0.3 is 41.3 Å². The maximum Gasteiger partial charge on any atom is -0.693 e. The van der Waals surface area contributed by atoms with Gasteiger partial charge in [0.05, 0.1) is 0 Å². The van der Waals surface area contributed by atoms with Gasteiger partial charge in [-0.2, -0.15) is 0 Å². The van der Waals surface area contributed by atoms with E-state index < -0.39 is 22.5 Å². The van der Waals surface area contributed by atoms with E-state index in [0.29, 0.717) is 6.42 Å². The van der Waals surface area contributed by atoms with Gasteiger partial charge in [0.25, 0.3) is 0 Å². The average Bonchev–Trinajstić information content (AvgIpc) is 2.53. The van der Waals surface area contributed by atoms with Crippen LogP contribution in [0.1, 0.15) is 96.8 Å². The summed E-state index contributed by atoms with van der Waals surface area (Å²) in [4.78, 5) is 18.3. The molecule has 26 heavy (non-hydrogen) atoms. The van der Waals surface area contributed by atoms with Crippen molar-refractivity contribution in [3.8, 4) is 0 Å². The van der Waals surface area contributed by atoms with Gasteiger partial charge in [-0.15, -0.1) is 5.34 Å². The van der Waals surface area contributed by atoms with Crippen molar-refractivity contribution in [1.29, 1.82) is 0 Å². The van der Waals surface area contributed by atoms with Gasteiger partial charge in [0.1, 0.15) is 0 Å². The number of halogens is 2. The molecule has 0 aromatic rings. The number of aliphatic carboxylic acids is 1. The van der Waals surface area contributed by atoms with Crippen LogP contribution >= 0.6 is 18.8 Å². The van der Waals surface area contributed by atoms with Gasteiger partial charge in [0, 0.05) is 6.42 Å². The molecule has 0 spiro atoms. The van der Waals surface area contributed by atoms with Gasteiger partial charge in [-0.3, -0.25) is 4.79 Å². The Balaban J connectivity index is -0.000000161. The summed E-state index contributed by atoms with van der Waals surface area (Å²) >= 11 is -0.472. The first-order valence-electron chi connectivity index (χ1n) is 8.59. The van der Waals surface area contributed by atoms with Crippen molar-refractivity contribution in [2.75, 3.05) is 0 Å². The monoisotopic (exact) mass is 599 g/mol. The normalized spacial score (nSPS) is 8.73. The molecule has 10 heteroatoms. The minimum absolute atomic E-state index is 0. The van der Waals surface area contributed by atoms with Crippen LogP contribution in [0, 0.1) is 10.1 Å². The molecular weight excluding hydrogens is 564 g/mol. The van der Waals surface area contributed by atoms with E-state index in [-0.39, 0.29) is 12.3 Å². The Kier molecular flexibility index (Phi) is 56.7. The Hall–Kier alpha value is 0.0583. The number of hydrogen-bond donors (Lipinski definition) is 1. The number of nitrogens with zero attached hydrogens (tertiary/aromatic N) is 1. The molecule has 0 aromatic carbocycles. The number of nitrogens with two attached hydrogens (primary N) is 2. The van der Waals surface area contributed by atoms with E-state index in [1.807, 2.05) is 0 Å². The molecule has 7 nitrogen and oxygen atoms in total. The van der Waals surface area contributed by atoms with Crippen LogP contribution in [0.5, 0.6) is 0 Å². The SMILES string of the molecule is CCCCCCCCCCCCCCCC(=O)O.O=N[O-].[Cl][Pt+2][Cl].[NH2-].[NH2-]. The zero-order chi connectivity index (χ0) is 18.9. The van der Waals surface area contributed by atoms with Gasteiger partial charge in [0.15, 0.2) is 0 Å². The molecule has 0 bridgehead atoms. The minimum atomic E-state index is -0.655. The number of unbranched alkanes of at least 4 members (excludes halogenated alkanes) is 12. The van der Waals surface area contributed by atoms with E-state index in [1.54, 1.807) is 0 Å². The third-order valence-electron chi connectivity index (χ3n) is 3.49. The second-order valence-electron chi connectivity index (χ2n) is 5.51. The van der Waals surface area contributed by atoms with Crippen molar-refractivity contribution in [1.82, 2.24) is 0 Å². The molecule has 0 unspecified atom stereocenters. The minimum Gasteiger partial charge on any atom is -0.693 e. The molecular formula is C16H36Cl2N3O4Pt-. The van der Waals surface area contributed by atoms with Crippen molar-refractivity contribution in [2.24, 2.45) is 5.34 Å². The second kappa shape index (κ2) is 39.9. The fourth-order valence-corrected chi connectivity index (χ4v) is 2.29. The van der Waals surface area contributed by atoms with E-state index in [4.69, 9.17) is 34.1 Å². The van der Waals surface area contributed by atoms with Crippen LogP contribution in [0.3, 0.4) is 0 Å². The van der Waals surface area contributed by atoms with Gasteiger partial charge in [-0.1, -0.05) is 84.0 Å². The van der Waals surface area contributed by atoms with Crippen molar-refractivity contribution < 1.29 is 26.4 Å². The number of carbonyl (C=O) groups is 1. The average molecular weight is 600 g/mol. The predicted octanol–water partition coefficient (Wildman–Crippen LogP) is 8.61. The molecule has 0 heterocycles. The Morgan fingerprint density at radius 1 is 0.846 bits per heavy atom. The van der Waals surface area contributed by atoms with Crippen LogP contribution in [0.15, 0.2) is 5.34 Å². The van der Waals surface area contributed by atoms with E-state index in [1.165, 1.54) is 70.6 Å². The number of carboxylic acid groups (broad SMARTS) is 1. The Labute approximate surface area is 175 Å². The molecule has 5 N–H and O–H groups in total. The summed E-state index contributed by atoms with van der Waals surface area (Å²) in [6.45, 7) is 2.26. The van der Waals surface area contributed by atoms with Gasteiger partial charge < -0.3 is 27.5 Å². The molecule has 0 fully saturated rings. The van der Waals surface area contributed by atoms with Crippen molar-refractivity contribution in [2.45, 2.75) is 96.8 Å². The van der Waals surface area contributed by atoms with Crippen molar-refractivity contribution >= 4 is 24.8 Å². The Bertz CT molecular complexity index is 258. The summed E-state index contributed by atoms with van der Waals surface area (Å²) in [7, 11) is 9.75. The third kappa shape index (κ3) is 56.4. The van der Waals surface area contributed by atoms with Crippen LogP contribution in [-0.4, -0.2) is 11.1 Å². The molecule has 0 aliphatic carbocycles. The molecule has 0 radical (unpaired) electrons. The first-order chi connectivity index (χ1) is 11.6. The van der Waals surface area contributed by atoms with Crippen LogP contribution in [0.4, 0.5) is 0 Å². The second-order valence-corrected chi connectivity index (χ2v) is 8.79. The molecule has 164 valence electrons. The largest absolute Gasteiger partial charge is 0.693 e. The summed E-state index contributed by atoms with van der Waals surface area (Å²) in [5, 5.41) is 17.5. The topological polar surface area (TPSA) is 157 Å². The molecule has 0 rings (SSSR count). The number of rotatable bonds is 14. The van der Waals surface area contributed by atoms with Gasteiger partial charge in [-0.25, -0.2) is 0 Å². The molecule has 0 aliphatic rings. The van der Waals surface area contributed by atoms with Crippen LogP contribution in [0.2, 0.25) is 0 Å². The van der Waals surface area contributed by atoms with Crippen LogP contribution in [0.25, 0.3) is 12.3 Å². The summed E-state index contributed by atoms with van der Waals surface area (Å²) in [6.07, 6.45) is 17.3. The quantitative estimate of drug-likeness (QED) is 0.120. The fourth-order valence-electron chi connectivity index (χ4n) is 2.29. The zero-order valence-corrected chi connectivity index (χ0v) is 19.5. The molecule has 0 amide bonds. The third-order valence-corrected chi connectivity index (χ3v) is 3.49. The molecule has 0 saturated heterocycles. The van der Waals surface area contributed by atoms with E-state index >= 15 is 0 Å². The molecule has 0 aromatic heterocycles. The van der Waals surface area contributed by atoms with Crippen LogP contribution < -0.4 is 0 Å². The molecule has 0 saturated carbocycles. The van der Waals surface area contributed by atoms with Crippen LogP contribution in [-0.2, 0) is 21.3 Å². The van der Waals surface area contributed by atoms with Crippen molar-refractivity contribution in [3.63, 3.8) is 0 Å². The first-order valence-corrected chi connectivity index (χ1v) is 14.2. The fraction of sp³-hybridized carbons (Fsp3) is 0.938. The Morgan fingerprint density at radius 2 is 1.08 bits per heavy atom. The van der Waals surface area contributed by atoms with E-state index in [0.717, 1.165) is 18.2 Å².